The zero-order valence-electron chi connectivity index (χ0n) is 15.1. The van der Waals surface area contributed by atoms with Crippen LogP contribution in [0, 0.1) is 12.7 Å². The molecular weight excluding hydrogens is 313 g/mol. The monoisotopic (exact) mass is 337 g/mol. The first-order chi connectivity index (χ1) is 12.1. The highest BCUT2D eigenvalue weighted by Crippen LogP contribution is 2.30. The maximum absolute atomic E-state index is 13.5. The second kappa shape index (κ2) is 7.64. The molecule has 3 aromatic rings. The van der Waals surface area contributed by atoms with E-state index in [-0.39, 0.29) is 5.82 Å². The van der Waals surface area contributed by atoms with Crippen LogP contribution in [0.2, 0.25) is 0 Å². The molecule has 0 aliphatic heterocycles. The van der Waals surface area contributed by atoms with E-state index in [0.29, 0.717) is 0 Å². The highest BCUT2D eigenvalue weighted by atomic mass is 19.1. The molecule has 1 aromatic heterocycles. The summed E-state index contributed by atoms with van der Waals surface area (Å²) in [5.74, 6) is 0.581. The SMILES string of the molecule is CCC/C=C(/c1ccc2nc(CCC)oc2c1)c1ccc(F)cc1C. The average Bonchev–Trinajstić information content (AvgIpc) is 2.98. The first-order valence-corrected chi connectivity index (χ1v) is 8.99. The molecule has 0 radical (unpaired) electrons. The number of allylic oxidation sites excluding steroid dienone is 1. The second-order valence-electron chi connectivity index (χ2n) is 6.41. The van der Waals surface area contributed by atoms with Crippen molar-refractivity contribution in [3.05, 3.63) is 70.9 Å². The predicted molar refractivity (Wildman–Crippen MR) is 101 cm³/mol. The number of unbranched alkanes of at least 4 members (excludes halogenated alkanes) is 1. The van der Waals surface area contributed by atoms with Crippen LogP contribution in [0.5, 0.6) is 0 Å². The molecule has 0 saturated heterocycles. The van der Waals surface area contributed by atoms with Gasteiger partial charge < -0.3 is 4.42 Å². The third-order valence-corrected chi connectivity index (χ3v) is 4.32. The second-order valence-corrected chi connectivity index (χ2v) is 6.41. The molecular formula is C22H24FNO. The van der Waals surface area contributed by atoms with Crippen molar-refractivity contribution in [1.29, 1.82) is 0 Å². The number of oxazole rings is 1. The molecule has 2 nitrogen and oxygen atoms in total. The van der Waals surface area contributed by atoms with Crippen LogP contribution in [0.4, 0.5) is 4.39 Å². The summed E-state index contributed by atoms with van der Waals surface area (Å²) in [6, 6.07) is 11.1. The number of nitrogens with zero attached hydrogens (tertiary/aromatic N) is 1. The van der Waals surface area contributed by atoms with Gasteiger partial charge >= 0.3 is 0 Å². The molecule has 0 aliphatic rings. The summed E-state index contributed by atoms with van der Waals surface area (Å²) >= 11 is 0. The van der Waals surface area contributed by atoms with Gasteiger partial charge in [-0.3, -0.25) is 0 Å². The van der Waals surface area contributed by atoms with Crippen LogP contribution in [-0.4, -0.2) is 4.98 Å². The Balaban J connectivity index is 2.08. The summed E-state index contributed by atoms with van der Waals surface area (Å²) in [5.41, 5.74) is 5.89. The highest BCUT2D eigenvalue weighted by molar-refractivity contribution is 5.86. The number of halogens is 1. The Hall–Kier alpha value is -2.42. The van der Waals surface area contributed by atoms with Crippen LogP contribution in [0.3, 0.4) is 0 Å². The van der Waals surface area contributed by atoms with Crippen molar-refractivity contribution in [1.82, 2.24) is 4.98 Å². The van der Waals surface area contributed by atoms with E-state index in [4.69, 9.17) is 4.42 Å². The standard InChI is InChI=1S/C22H24FNO/c1-4-6-8-19(18-11-10-17(23)13-15(18)3)16-9-12-20-21(14-16)25-22(24-20)7-5-2/h8-14H,4-7H2,1-3H3/b19-8-. The molecule has 1 heterocycles. The van der Waals surface area contributed by atoms with Crippen molar-refractivity contribution in [2.45, 2.75) is 46.5 Å². The lowest BCUT2D eigenvalue weighted by molar-refractivity contribution is 0.525. The van der Waals surface area contributed by atoms with E-state index in [1.165, 1.54) is 6.07 Å². The molecule has 0 aliphatic carbocycles. The summed E-state index contributed by atoms with van der Waals surface area (Å²) in [6.07, 6.45) is 6.12. The average molecular weight is 337 g/mol. The highest BCUT2D eigenvalue weighted by Gasteiger charge is 2.12. The molecule has 0 saturated carbocycles. The number of aryl methyl sites for hydroxylation is 2. The van der Waals surface area contributed by atoms with Crippen molar-refractivity contribution in [2.24, 2.45) is 0 Å². The molecule has 0 spiro atoms. The van der Waals surface area contributed by atoms with E-state index in [1.807, 2.05) is 25.1 Å². The summed E-state index contributed by atoms with van der Waals surface area (Å²) in [6.45, 7) is 6.22. The molecule has 0 bridgehead atoms. The Morgan fingerprint density at radius 1 is 1.12 bits per heavy atom. The minimum atomic E-state index is -0.203. The topological polar surface area (TPSA) is 26.0 Å². The molecule has 0 unspecified atom stereocenters. The van der Waals surface area contributed by atoms with E-state index in [1.54, 1.807) is 6.07 Å². The van der Waals surface area contributed by atoms with Gasteiger partial charge in [-0.05, 0) is 66.3 Å². The first kappa shape index (κ1) is 17.4. The number of aromatic nitrogens is 1. The number of benzene rings is 2. The van der Waals surface area contributed by atoms with Gasteiger partial charge in [0.05, 0.1) is 0 Å². The molecule has 0 amide bonds. The van der Waals surface area contributed by atoms with Crippen molar-refractivity contribution >= 4 is 16.7 Å². The van der Waals surface area contributed by atoms with Crippen LogP contribution in [-0.2, 0) is 6.42 Å². The summed E-state index contributed by atoms with van der Waals surface area (Å²) in [4.78, 5) is 4.53. The zero-order valence-corrected chi connectivity index (χ0v) is 15.1. The Bertz CT molecular complexity index is 908. The van der Waals surface area contributed by atoms with Crippen molar-refractivity contribution in [3.63, 3.8) is 0 Å². The minimum absolute atomic E-state index is 0.203. The van der Waals surface area contributed by atoms with Gasteiger partial charge in [-0.1, -0.05) is 38.5 Å². The molecule has 3 rings (SSSR count). The fourth-order valence-electron chi connectivity index (χ4n) is 3.06. The normalized spacial score (nSPS) is 12.1. The summed E-state index contributed by atoms with van der Waals surface area (Å²) < 4.78 is 19.4. The van der Waals surface area contributed by atoms with E-state index in [0.717, 1.165) is 64.9 Å². The predicted octanol–water partition coefficient (Wildman–Crippen LogP) is 6.46. The zero-order chi connectivity index (χ0) is 17.8. The molecule has 0 atom stereocenters. The Morgan fingerprint density at radius 3 is 2.68 bits per heavy atom. The third kappa shape index (κ3) is 3.81. The van der Waals surface area contributed by atoms with Gasteiger partial charge in [-0.15, -0.1) is 0 Å². The fraction of sp³-hybridized carbons (Fsp3) is 0.318. The minimum Gasteiger partial charge on any atom is -0.441 e. The molecule has 3 heteroatoms. The van der Waals surface area contributed by atoms with Crippen LogP contribution in [0.15, 0.2) is 46.9 Å². The van der Waals surface area contributed by atoms with Crippen molar-refractivity contribution in [2.75, 3.05) is 0 Å². The van der Waals surface area contributed by atoms with Crippen LogP contribution >= 0.6 is 0 Å². The van der Waals surface area contributed by atoms with Gasteiger partial charge in [-0.2, -0.15) is 0 Å². The van der Waals surface area contributed by atoms with Crippen molar-refractivity contribution < 1.29 is 8.81 Å². The molecule has 130 valence electrons. The van der Waals surface area contributed by atoms with Gasteiger partial charge in [0.25, 0.3) is 0 Å². The lowest BCUT2D eigenvalue weighted by atomic mass is 9.93. The summed E-state index contributed by atoms with van der Waals surface area (Å²) in [7, 11) is 0. The van der Waals surface area contributed by atoms with E-state index in [2.05, 4.69) is 31.0 Å². The van der Waals surface area contributed by atoms with Gasteiger partial charge in [0.1, 0.15) is 11.3 Å². The van der Waals surface area contributed by atoms with Crippen LogP contribution < -0.4 is 0 Å². The Kier molecular flexibility index (Phi) is 5.32. The van der Waals surface area contributed by atoms with E-state index in [9.17, 15) is 4.39 Å². The molecule has 25 heavy (non-hydrogen) atoms. The van der Waals surface area contributed by atoms with Crippen molar-refractivity contribution in [3.8, 4) is 0 Å². The van der Waals surface area contributed by atoms with Gasteiger partial charge in [-0.25, -0.2) is 9.37 Å². The largest absolute Gasteiger partial charge is 0.441 e. The number of hydrogen-bond acceptors (Lipinski definition) is 2. The van der Waals surface area contributed by atoms with E-state index >= 15 is 0 Å². The number of hydrogen-bond donors (Lipinski definition) is 0. The Morgan fingerprint density at radius 2 is 1.96 bits per heavy atom. The maximum atomic E-state index is 13.5. The third-order valence-electron chi connectivity index (χ3n) is 4.32. The quantitative estimate of drug-likeness (QED) is 0.516. The number of fused-ring (bicyclic) bond motifs is 1. The maximum Gasteiger partial charge on any atom is 0.195 e. The van der Waals surface area contributed by atoms with Crippen LogP contribution in [0.25, 0.3) is 16.7 Å². The van der Waals surface area contributed by atoms with Gasteiger partial charge in [0, 0.05) is 6.42 Å². The lowest BCUT2D eigenvalue weighted by Crippen LogP contribution is -1.93. The summed E-state index contributed by atoms with van der Waals surface area (Å²) in [5, 5.41) is 0. The molecule has 0 fully saturated rings. The Labute approximate surface area is 148 Å². The molecule has 2 aromatic carbocycles. The van der Waals surface area contributed by atoms with E-state index < -0.39 is 0 Å². The smallest absolute Gasteiger partial charge is 0.195 e. The van der Waals surface area contributed by atoms with Gasteiger partial charge in [0.2, 0.25) is 0 Å². The lowest BCUT2D eigenvalue weighted by Gasteiger charge is -2.12. The van der Waals surface area contributed by atoms with Crippen LogP contribution in [0.1, 0.15) is 55.7 Å². The van der Waals surface area contributed by atoms with Gasteiger partial charge in [0.15, 0.2) is 11.5 Å². The number of rotatable bonds is 6. The molecule has 0 N–H and O–H groups in total. The fourth-order valence-corrected chi connectivity index (χ4v) is 3.06. The first-order valence-electron chi connectivity index (χ1n) is 8.99.